The van der Waals surface area contributed by atoms with Crippen LogP contribution in [0.2, 0.25) is 0 Å². The predicted molar refractivity (Wildman–Crippen MR) is 76.6 cm³/mol. The minimum atomic E-state index is -1.36. The summed E-state index contributed by atoms with van der Waals surface area (Å²) < 4.78 is 40.3. The van der Waals surface area contributed by atoms with Crippen LogP contribution in [0.1, 0.15) is 17.2 Å². The van der Waals surface area contributed by atoms with Gasteiger partial charge in [0.1, 0.15) is 5.82 Å². The Balaban J connectivity index is 0.00000220. The summed E-state index contributed by atoms with van der Waals surface area (Å²) >= 11 is 0. The third-order valence-electron chi connectivity index (χ3n) is 3.11. The highest BCUT2D eigenvalue weighted by molar-refractivity contribution is 5.85. The van der Waals surface area contributed by atoms with Crippen molar-refractivity contribution in [2.75, 3.05) is 0 Å². The molecule has 2 aromatic rings. The fourth-order valence-electron chi connectivity index (χ4n) is 2.02. The minimum absolute atomic E-state index is 0. The van der Waals surface area contributed by atoms with Gasteiger partial charge in [-0.15, -0.1) is 12.4 Å². The molecular formula is C15H15ClF3NO. The highest BCUT2D eigenvalue weighted by Crippen LogP contribution is 2.25. The average molecular weight is 318 g/mol. The zero-order valence-corrected chi connectivity index (χ0v) is 11.8. The molecule has 0 fully saturated rings. The van der Waals surface area contributed by atoms with Gasteiger partial charge in [-0.1, -0.05) is 30.3 Å². The molecule has 0 saturated carbocycles. The lowest BCUT2D eigenvalue weighted by Crippen LogP contribution is -2.30. The molecule has 0 saturated heterocycles. The average Bonchev–Trinajstić information content (AvgIpc) is 2.44. The number of halogens is 4. The van der Waals surface area contributed by atoms with Crippen molar-refractivity contribution in [1.29, 1.82) is 0 Å². The second kappa shape index (κ2) is 7.45. The van der Waals surface area contributed by atoms with E-state index in [9.17, 15) is 18.3 Å². The zero-order chi connectivity index (χ0) is 14.7. The maximum Gasteiger partial charge on any atom is 0.166 e. The van der Waals surface area contributed by atoms with Gasteiger partial charge in [0, 0.05) is 12.0 Å². The molecule has 0 amide bonds. The van der Waals surface area contributed by atoms with Gasteiger partial charge in [0.2, 0.25) is 0 Å². The third kappa shape index (κ3) is 3.97. The molecule has 114 valence electrons. The van der Waals surface area contributed by atoms with Crippen molar-refractivity contribution in [3.8, 4) is 0 Å². The SMILES string of the molecule is Cl.N[C@@H](c1c(F)ccc(F)c1F)[C@H](O)Cc1ccccc1. The summed E-state index contributed by atoms with van der Waals surface area (Å²) in [5.41, 5.74) is 5.80. The maximum absolute atomic E-state index is 13.6. The monoisotopic (exact) mass is 317 g/mol. The van der Waals surface area contributed by atoms with Gasteiger partial charge in [-0.2, -0.15) is 0 Å². The van der Waals surface area contributed by atoms with Crippen molar-refractivity contribution in [2.24, 2.45) is 5.73 Å². The van der Waals surface area contributed by atoms with E-state index in [4.69, 9.17) is 5.73 Å². The lowest BCUT2D eigenvalue weighted by Gasteiger charge is -2.20. The summed E-state index contributed by atoms with van der Waals surface area (Å²) in [6.07, 6.45) is -1.10. The summed E-state index contributed by atoms with van der Waals surface area (Å²) in [4.78, 5) is 0. The summed E-state index contributed by atoms with van der Waals surface area (Å²) in [5.74, 6) is -3.52. The molecule has 2 aromatic carbocycles. The first kappa shape index (κ1) is 17.5. The van der Waals surface area contributed by atoms with E-state index in [1.54, 1.807) is 24.3 Å². The highest BCUT2D eigenvalue weighted by atomic mass is 35.5. The van der Waals surface area contributed by atoms with E-state index in [0.29, 0.717) is 6.07 Å². The van der Waals surface area contributed by atoms with Crippen LogP contribution in [0.25, 0.3) is 0 Å². The molecule has 2 nitrogen and oxygen atoms in total. The van der Waals surface area contributed by atoms with Crippen LogP contribution in [0.5, 0.6) is 0 Å². The maximum atomic E-state index is 13.6. The van der Waals surface area contributed by atoms with Crippen LogP contribution in [0, 0.1) is 17.5 Å². The largest absolute Gasteiger partial charge is 0.391 e. The quantitative estimate of drug-likeness (QED) is 0.851. The van der Waals surface area contributed by atoms with Crippen molar-refractivity contribution in [3.63, 3.8) is 0 Å². The smallest absolute Gasteiger partial charge is 0.166 e. The molecular weight excluding hydrogens is 303 g/mol. The second-order valence-electron chi connectivity index (χ2n) is 4.54. The number of nitrogens with two attached hydrogens (primary N) is 1. The van der Waals surface area contributed by atoms with Gasteiger partial charge < -0.3 is 10.8 Å². The molecule has 2 atom stereocenters. The van der Waals surface area contributed by atoms with Crippen molar-refractivity contribution in [3.05, 3.63) is 71.0 Å². The van der Waals surface area contributed by atoms with Crippen LogP contribution in [0.3, 0.4) is 0 Å². The normalized spacial score (nSPS) is 13.4. The molecule has 0 aliphatic rings. The minimum Gasteiger partial charge on any atom is -0.391 e. The lowest BCUT2D eigenvalue weighted by atomic mass is 9.96. The number of hydrogen-bond donors (Lipinski definition) is 2. The molecule has 0 aromatic heterocycles. The van der Waals surface area contributed by atoms with Crippen molar-refractivity contribution < 1.29 is 18.3 Å². The van der Waals surface area contributed by atoms with E-state index in [1.807, 2.05) is 6.07 Å². The van der Waals surface area contributed by atoms with Crippen molar-refractivity contribution >= 4 is 12.4 Å². The van der Waals surface area contributed by atoms with Gasteiger partial charge >= 0.3 is 0 Å². The van der Waals surface area contributed by atoms with Gasteiger partial charge in [0.05, 0.1) is 12.1 Å². The van der Waals surface area contributed by atoms with Crippen molar-refractivity contribution in [1.82, 2.24) is 0 Å². The van der Waals surface area contributed by atoms with Crippen LogP contribution >= 0.6 is 12.4 Å². The first-order valence-electron chi connectivity index (χ1n) is 6.11. The zero-order valence-electron chi connectivity index (χ0n) is 11.0. The topological polar surface area (TPSA) is 46.2 Å². The first-order valence-corrected chi connectivity index (χ1v) is 6.11. The molecule has 3 N–H and O–H groups in total. The summed E-state index contributed by atoms with van der Waals surface area (Å²) in [6, 6.07) is 9.01. The number of aliphatic hydroxyl groups is 1. The van der Waals surface area contributed by atoms with E-state index in [1.165, 1.54) is 0 Å². The summed E-state index contributed by atoms with van der Waals surface area (Å²) in [6.45, 7) is 0. The van der Waals surface area contributed by atoms with Gasteiger partial charge in [0.25, 0.3) is 0 Å². The molecule has 21 heavy (non-hydrogen) atoms. The summed E-state index contributed by atoms with van der Waals surface area (Å²) in [7, 11) is 0. The molecule has 0 radical (unpaired) electrons. The van der Waals surface area contributed by atoms with Crippen LogP contribution in [0.4, 0.5) is 13.2 Å². The van der Waals surface area contributed by atoms with E-state index in [2.05, 4.69) is 0 Å². The van der Waals surface area contributed by atoms with Crippen LogP contribution in [-0.2, 0) is 6.42 Å². The number of hydrogen-bond acceptors (Lipinski definition) is 2. The number of rotatable bonds is 4. The van der Waals surface area contributed by atoms with E-state index in [0.717, 1.165) is 11.6 Å². The van der Waals surface area contributed by atoms with Gasteiger partial charge in [-0.3, -0.25) is 0 Å². The van der Waals surface area contributed by atoms with Crippen LogP contribution in [0.15, 0.2) is 42.5 Å². The standard InChI is InChI=1S/C15H14F3NO.ClH/c16-10-6-7-11(17)14(18)13(10)15(19)12(20)8-9-4-2-1-3-5-9;/h1-7,12,15,20H,8,19H2;1H/t12-,15-;/m1./s1. The molecule has 0 bridgehead atoms. The van der Waals surface area contributed by atoms with Crippen LogP contribution in [-0.4, -0.2) is 11.2 Å². The Hall–Kier alpha value is -1.56. The Bertz CT molecular complexity index is 595. The fraction of sp³-hybridized carbons (Fsp3) is 0.200. The van der Waals surface area contributed by atoms with Gasteiger partial charge in [-0.05, 0) is 17.7 Å². The Morgan fingerprint density at radius 3 is 2.14 bits per heavy atom. The van der Waals surface area contributed by atoms with E-state index >= 15 is 0 Å². The Kier molecular flexibility index (Phi) is 6.20. The van der Waals surface area contributed by atoms with Gasteiger partial charge in [-0.25, -0.2) is 13.2 Å². The Morgan fingerprint density at radius 1 is 0.952 bits per heavy atom. The molecule has 6 heteroatoms. The Morgan fingerprint density at radius 2 is 1.52 bits per heavy atom. The molecule has 0 heterocycles. The fourth-order valence-corrected chi connectivity index (χ4v) is 2.02. The second-order valence-corrected chi connectivity index (χ2v) is 4.54. The molecule has 0 aliphatic heterocycles. The van der Waals surface area contributed by atoms with Crippen LogP contribution < -0.4 is 5.73 Å². The molecule has 0 unspecified atom stereocenters. The molecule has 0 spiro atoms. The highest BCUT2D eigenvalue weighted by Gasteiger charge is 2.25. The summed E-state index contributed by atoms with van der Waals surface area (Å²) in [5, 5.41) is 9.98. The number of benzene rings is 2. The van der Waals surface area contributed by atoms with Crippen molar-refractivity contribution in [2.45, 2.75) is 18.6 Å². The van der Waals surface area contributed by atoms with E-state index in [-0.39, 0.29) is 18.8 Å². The lowest BCUT2D eigenvalue weighted by molar-refractivity contribution is 0.141. The number of aliphatic hydroxyl groups excluding tert-OH is 1. The molecule has 2 rings (SSSR count). The molecule has 0 aliphatic carbocycles. The Labute approximate surface area is 126 Å². The predicted octanol–water partition coefficient (Wildman–Crippen LogP) is 3.13. The first-order chi connectivity index (χ1) is 9.50. The van der Waals surface area contributed by atoms with E-state index < -0.39 is 35.2 Å². The van der Waals surface area contributed by atoms with Gasteiger partial charge in [0.15, 0.2) is 11.6 Å². The third-order valence-corrected chi connectivity index (χ3v) is 3.11.